The van der Waals surface area contributed by atoms with E-state index in [-0.39, 0.29) is 16.1 Å². The van der Waals surface area contributed by atoms with E-state index in [0.717, 1.165) is 24.3 Å². The number of halogens is 6. The Hall–Kier alpha value is -1.66. The summed E-state index contributed by atoms with van der Waals surface area (Å²) in [5.41, 5.74) is 0.0604. The average molecular weight is 322 g/mol. The molecule has 0 saturated carbocycles. The maximum atomic E-state index is 13.3. The first-order valence-corrected chi connectivity index (χ1v) is 6.19. The summed E-state index contributed by atoms with van der Waals surface area (Å²) in [5.74, 6) is -6.68. The molecule has 0 amide bonds. The predicted molar refractivity (Wildman–Crippen MR) is 68.6 cm³/mol. The maximum absolute atomic E-state index is 13.3. The molecule has 1 nitrogen and oxygen atoms in total. The SMILES string of the molecule is CNC(c1cc(F)c(F)c(F)c1)c1cc(F)c(F)cc1Cl. The first-order chi connectivity index (χ1) is 9.85. The fourth-order valence-corrected chi connectivity index (χ4v) is 2.26. The summed E-state index contributed by atoms with van der Waals surface area (Å²) in [6.07, 6.45) is 0. The number of benzene rings is 2. The van der Waals surface area contributed by atoms with E-state index in [2.05, 4.69) is 5.32 Å². The summed E-state index contributed by atoms with van der Waals surface area (Å²) >= 11 is 5.83. The van der Waals surface area contributed by atoms with Crippen LogP contribution in [0.5, 0.6) is 0 Å². The van der Waals surface area contributed by atoms with Crippen molar-refractivity contribution < 1.29 is 22.0 Å². The minimum absolute atomic E-state index is 0.0122. The van der Waals surface area contributed by atoms with E-state index in [0.29, 0.717) is 0 Å². The Bertz CT molecular complexity index is 666. The highest BCUT2D eigenvalue weighted by molar-refractivity contribution is 6.31. The predicted octanol–water partition coefficient (Wildman–Crippen LogP) is 4.34. The van der Waals surface area contributed by atoms with E-state index in [1.54, 1.807) is 0 Å². The molecule has 0 heterocycles. The lowest BCUT2D eigenvalue weighted by molar-refractivity contribution is 0.443. The van der Waals surface area contributed by atoms with Gasteiger partial charge in [-0.2, -0.15) is 0 Å². The van der Waals surface area contributed by atoms with E-state index in [1.165, 1.54) is 7.05 Å². The fraction of sp³-hybridized carbons (Fsp3) is 0.143. The Labute approximate surface area is 122 Å². The molecule has 1 N–H and O–H groups in total. The van der Waals surface area contributed by atoms with Crippen LogP contribution in [0.2, 0.25) is 5.02 Å². The van der Waals surface area contributed by atoms with Crippen molar-refractivity contribution in [2.45, 2.75) is 6.04 Å². The molecule has 0 aliphatic rings. The lowest BCUT2D eigenvalue weighted by Crippen LogP contribution is -2.19. The van der Waals surface area contributed by atoms with Gasteiger partial charge in [0.25, 0.3) is 0 Å². The quantitative estimate of drug-likeness (QED) is 0.503. The average Bonchev–Trinajstić information content (AvgIpc) is 2.42. The van der Waals surface area contributed by atoms with Gasteiger partial charge in [0.2, 0.25) is 0 Å². The van der Waals surface area contributed by atoms with Crippen molar-refractivity contribution in [2.24, 2.45) is 0 Å². The van der Waals surface area contributed by atoms with E-state index in [1.807, 2.05) is 0 Å². The normalized spacial score (nSPS) is 12.5. The molecule has 112 valence electrons. The van der Waals surface area contributed by atoms with E-state index < -0.39 is 35.1 Å². The molecule has 1 unspecified atom stereocenters. The van der Waals surface area contributed by atoms with Crippen LogP contribution in [-0.2, 0) is 0 Å². The van der Waals surface area contributed by atoms with Gasteiger partial charge >= 0.3 is 0 Å². The summed E-state index contributed by atoms with van der Waals surface area (Å²) in [4.78, 5) is 0. The van der Waals surface area contributed by atoms with Gasteiger partial charge < -0.3 is 5.32 Å². The molecule has 0 aromatic heterocycles. The summed E-state index contributed by atoms with van der Waals surface area (Å²) in [6, 6.07) is 2.16. The van der Waals surface area contributed by atoms with Crippen LogP contribution in [0, 0.1) is 29.1 Å². The molecule has 1 atom stereocenters. The van der Waals surface area contributed by atoms with Crippen LogP contribution in [0.4, 0.5) is 22.0 Å². The van der Waals surface area contributed by atoms with Crippen LogP contribution in [0.3, 0.4) is 0 Å². The van der Waals surface area contributed by atoms with Crippen LogP contribution in [0.15, 0.2) is 24.3 Å². The molecule has 0 aliphatic carbocycles. The topological polar surface area (TPSA) is 12.0 Å². The molecule has 0 saturated heterocycles. The van der Waals surface area contributed by atoms with Crippen molar-refractivity contribution in [3.05, 3.63) is 69.5 Å². The van der Waals surface area contributed by atoms with Crippen LogP contribution >= 0.6 is 11.6 Å². The fourth-order valence-electron chi connectivity index (χ4n) is 2.00. The lowest BCUT2D eigenvalue weighted by Gasteiger charge is -2.19. The molecular formula is C14H9ClF5N. The van der Waals surface area contributed by atoms with Gasteiger partial charge in [0.05, 0.1) is 6.04 Å². The zero-order valence-electron chi connectivity index (χ0n) is 10.7. The van der Waals surface area contributed by atoms with Crippen molar-refractivity contribution in [3.63, 3.8) is 0 Å². The highest BCUT2D eigenvalue weighted by atomic mass is 35.5. The smallest absolute Gasteiger partial charge is 0.194 e. The number of nitrogens with one attached hydrogen (secondary N) is 1. The van der Waals surface area contributed by atoms with Crippen molar-refractivity contribution >= 4 is 11.6 Å². The van der Waals surface area contributed by atoms with Gasteiger partial charge in [-0.05, 0) is 42.4 Å². The van der Waals surface area contributed by atoms with E-state index >= 15 is 0 Å². The zero-order chi connectivity index (χ0) is 15.7. The third-order valence-electron chi connectivity index (χ3n) is 2.98. The second kappa shape index (κ2) is 5.99. The van der Waals surface area contributed by atoms with Crippen molar-refractivity contribution in [1.29, 1.82) is 0 Å². The molecule has 0 aliphatic heterocycles. The molecule has 0 radical (unpaired) electrons. The number of hydrogen-bond acceptors (Lipinski definition) is 1. The lowest BCUT2D eigenvalue weighted by atomic mass is 9.98. The van der Waals surface area contributed by atoms with Crippen LogP contribution in [-0.4, -0.2) is 7.05 Å². The zero-order valence-corrected chi connectivity index (χ0v) is 11.4. The molecular weight excluding hydrogens is 313 g/mol. The summed E-state index contributed by atoms with van der Waals surface area (Å²) in [7, 11) is 1.43. The van der Waals surface area contributed by atoms with Crippen LogP contribution in [0.1, 0.15) is 17.2 Å². The van der Waals surface area contributed by atoms with Crippen molar-refractivity contribution in [2.75, 3.05) is 7.05 Å². The molecule has 0 bridgehead atoms. The van der Waals surface area contributed by atoms with Crippen molar-refractivity contribution in [1.82, 2.24) is 5.32 Å². The minimum atomic E-state index is -1.61. The van der Waals surface area contributed by atoms with Gasteiger partial charge in [0.1, 0.15) is 0 Å². The van der Waals surface area contributed by atoms with Gasteiger partial charge in [-0.15, -0.1) is 0 Å². The Kier molecular flexibility index (Phi) is 4.49. The van der Waals surface area contributed by atoms with Gasteiger partial charge in [0, 0.05) is 5.02 Å². The number of hydrogen-bond donors (Lipinski definition) is 1. The first-order valence-electron chi connectivity index (χ1n) is 5.81. The summed E-state index contributed by atoms with van der Waals surface area (Å²) in [5, 5.41) is 2.54. The van der Waals surface area contributed by atoms with Gasteiger partial charge in [-0.25, -0.2) is 22.0 Å². The minimum Gasteiger partial charge on any atom is -0.309 e. The van der Waals surface area contributed by atoms with Gasteiger partial charge in [-0.3, -0.25) is 0 Å². The Morgan fingerprint density at radius 2 is 1.38 bits per heavy atom. The van der Waals surface area contributed by atoms with Gasteiger partial charge in [0.15, 0.2) is 29.1 Å². The molecule has 2 rings (SSSR count). The van der Waals surface area contributed by atoms with Crippen molar-refractivity contribution in [3.8, 4) is 0 Å². The molecule has 2 aromatic rings. The number of rotatable bonds is 3. The highest BCUT2D eigenvalue weighted by Crippen LogP contribution is 2.31. The summed E-state index contributed by atoms with van der Waals surface area (Å²) < 4.78 is 65.9. The highest BCUT2D eigenvalue weighted by Gasteiger charge is 2.21. The maximum Gasteiger partial charge on any atom is 0.194 e. The molecule has 0 spiro atoms. The second-order valence-electron chi connectivity index (χ2n) is 4.31. The molecule has 7 heteroatoms. The van der Waals surface area contributed by atoms with Crippen LogP contribution in [0.25, 0.3) is 0 Å². The standard InChI is InChI=1S/C14H9ClF5N/c1-21-14(6-2-11(18)13(20)12(19)3-6)7-4-9(16)10(17)5-8(7)15/h2-5,14,21H,1H3. The Morgan fingerprint density at radius 1 is 0.857 bits per heavy atom. The van der Waals surface area contributed by atoms with Gasteiger partial charge in [-0.1, -0.05) is 11.6 Å². The summed E-state index contributed by atoms with van der Waals surface area (Å²) in [6.45, 7) is 0. The molecule has 0 fully saturated rings. The van der Waals surface area contributed by atoms with E-state index in [4.69, 9.17) is 11.6 Å². The first kappa shape index (κ1) is 15.7. The second-order valence-corrected chi connectivity index (χ2v) is 4.72. The van der Waals surface area contributed by atoms with Crippen LogP contribution < -0.4 is 5.32 Å². The Balaban J connectivity index is 2.57. The third kappa shape index (κ3) is 3.01. The molecule has 2 aromatic carbocycles. The monoisotopic (exact) mass is 321 g/mol. The Morgan fingerprint density at radius 3 is 1.90 bits per heavy atom. The third-order valence-corrected chi connectivity index (χ3v) is 3.31. The largest absolute Gasteiger partial charge is 0.309 e. The molecule has 21 heavy (non-hydrogen) atoms. The van der Waals surface area contributed by atoms with E-state index in [9.17, 15) is 22.0 Å².